The van der Waals surface area contributed by atoms with E-state index in [2.05, 4.69) is 4.98 Å². The third-order valence-corrected chi connectivity index (χ3v) is 3.81. The van der Waals surface area contributed by atoms with E-state index in [1.54, 1.807) is 36.5 Å². The Morgan fingerprint density at radius 1 is 1.16 bits per heavy atom. The molecule has 5 heteroatoms. The summed E-state index contributed by atoms with van der Waals surface area (Å²) in [6, 6.07) is 3.58. The monoisotopic (exact) mass is 262 g/mol. The van der Waals surface area contributed by atoms with E-state index in [1.165, 1.54) is 0 Å². The number of amides is 1. The summed E-state index contributed by atoms with van der Waals surface area (Å²) < 4.78 is 0. The molecule has 0 spiro atoms. The van der Waals surface area contributed by atoms with E-state index in [9.17, 15) is 9.59 Å². The fourth-order valence-corrected chi connectivity index (χ4v) is 2.56. The van der Waals surface area contributed by atoms with Crippen molar-refractivity contribution in [3.63, 3.8) is 0 Å². The molecule has 1 aliphatic rings. The molecule has 0 saturated heterocycles. The van der Waals surface area contributed by atoms with Crippen LogP contribution in [0.25, 0.3) is 0 Å². The molecule has 1 heterocycles. The maximum atomic E-state index is 12.3. The van der Waals surface area contributed by atoms with Crippen molar-refractivity contribution >= 4 is 17.6 Å². The van der Waals surface area contributed by atoms with Gasteiger partial charge in [0.05, 0.1) is 5.92 Å². The van der Waals surface area contributed by atoms with Gasteiger partial charge in [-0.25, -0.2) is 0 Å². The van der Waals surface area contributed by atoms with Crippen LogP contribution in [0.3, 0.4) is 0 Å². The minimum atomic E-state index is -0.742. The number of hydrogen-bond donors (Lipinski definition) is 1. The Labute approximate surface area is 112 Å². The highest BCUT2D eigenvalue weighted by molar-refractivity contribution is 5.94. The molecule has 1 aromatic rings. The molecule has 1 aliphatic carbocycles. The minimum absolute atomic E-state index is 0.0613. The number of carboxylic acid groups (broad SMARTS) is 1. The SMILES string of the molecule is CN(C(=O)C1CCC(C(=O)O)CC1)c1ccncc1. The van der Waals surface area contributed by atoms with Crippen LogP contribution in [0.2, 0.25) is 0 Å². The summed E-state index contributed by atoms with van der Waals surface area (Å²) in [7, 11) is 1.75. The summed E-state index contributed by atoms with van der Waals surface area (Å²) in [5, 5.41) is 8.95. The number of nitrogens with zero attached hydrogens (tertiary/aromatic N) is 2. The van der Waals surface area contributed by atoms with E-state index >= 15 is 0 Å². The number of aromatic nitrogens is 1. The van der Waals surface area contributed by atoms with Crippen LogP contribution in [0.15, 0.2) is 24.5 Å². The molecule has 1 amide bonds. The van der Waals surface area contributed by atoms with Gasteiger partial charge in [0.1, 0.15) is 0 Å². The lowest BCUT2D eigenvalue weighted by Gasteiger charge is -2.28. The lowest BCUT2D eigenvalue weighted by atomic mass is 9.81. The molecule has 19 heavy (non-hydrogen) atoms. The van der Waals surface area contributed by atoms with Gasteiger partial charge in [-0.2, -0.15) is 0 Å². The highest BCUT2D eigenvalue weighted by Gasteiger charge is 2.31. The molecule has 0 aromatic carbocycles. The molecule has 1 N–H and O–H groups in total. The van der Waals surface area contributed by atoms with Crippen molar-refractivity contribution in [2.24, 2.45) is 11.8 Å². The van der Waals surface area contributed by atoms with Gasteiger partial charge in [0.25, 0.3) is 0 Å². The Morgan fingerprint density at radius 3 is 2.21 bits per heavy atom. The first-order chi connectivity index (χ1) is 9.09. The molecular formula is C14H18N2O3. The fourth-order valence-electron chi connectivity index (χ4n) is 2.56. The Balaban J connectivity index is 1.96. The molecule has 0 unspecified atom stereocenters. The second kappa shape index (κ2) is 5.82. The molecule has 5 nitrogen and oxygen atoms in total. The van der Waals surface area contributed by atoms with Gasteiger partial charge in [-0.15, -0.1) is 0 Å². The maximum absolute atomic E-state index is 12.3. The molecule has 1 fully saturated rings. The molecule has 2 rings (SSSR count). The lowest BCUT2D eigenvalue weighted by Crippen LogP contribution is -2.35. The normalized spacial score (nSPS) is 22.8. The van der Waals surface area contributed by atoms with Crippen LogP contribution in [0, 0.1) is 11.8 Å². The van der Waals surface area contributed by atoms with Crippen LogP contribution in [0.1, 0.15) is 25.7 Å². The third-order valence-electron chi connectivity index (χ3n) is 3.81. The Bertz CT molecular complexity index is 453. The number of carboxylic acids is 1. The number of hydrogen-bond acceptors (Lipinski definition) is 3. The predicted molar refractivity (Wildman–Crippen MR) is 70.7 cm³/mol. The number of carbonyl (C=O) groups excluding carboxylic acids is 1. The van der Waals surface area contributed by atoms with Crippen molar-refractivity contribution in [3.8, 4) is 0 Å². The van der Waals surface area contributed by atoms with Crippen LogP contribution in [-0.4, -0.2) is 29.0 Å². The maximum Gasteiger partial charge on any atom is 0.306 e. The first kappa shape index (κ1) is 13.5. The summed E-state index contributed by atoms with van der Waals surface area (Å²) >= 11 is 0. The van der Waals surface area contributed by atoms with E-state index in [-0.39, 0.29) is 17.7 Å². The number of anilines is 1. The first-order valence-corrected chi connectivity index (χ1v) is 6.50. The second-order valence-corrected chi connectivity index (χ2v) is 4.99. The average Bonchev–Trinajstić information content (AvgIpc) is 2.46. The lowest BCUT2D eigenvalue weighted by molar-refractivity contribution is -0.143. The highest BCUT2D eigenvalue weighted by atomic mass is 16.4. The van der Waals surface area contributed by atoms with E-state index in [4.69, 9.17) is 5.11 Å². The number of pyridine rings is 1. The van der Waals surface area contributed by atoms with E-state index in [1.807, 2.05) is 0 Å². The van der Waals surface area contributed by atoms with Crippen LogP contribution < -0.4 is 4.90 Å². The van der Waals surface area contributed by atoms with Crippen molar-refractivity contribution in [1.29, 1.82) is 0 Å². The molecule has 1 aromatic heterocycles. The van der Waals surface area contributed by atoms with Gasteiger partial charge in [-0.05, 0) is 37.8 Å². The van der Waals surface area contributed by atoms with Crippen LogP contribution >= 0.6 is 0 Å². The van der Waals surface area contributed by atoms with Gasteiger partial charge in [-0.1, -0.05) is 0 Å². The largest absolute Gasteiger partial charge is 0.481 e. The Kier molecular flexibility index (Phi) is 4.14. The number of rotatable bonds is 3. The zero-order valence-corrected chi connectivity index (χ0v) is 11.0. The topological polar surface area (TPSA) is 70.5 Å². The number of aliphatic carboxylic acids is 1. The van der Waals surface area contributed by atoms with Gasteiger partial charge in [0, 0.05) is 31.0 Å². The minimum Gasteiger partial charge on any atom is -0.481 e. The zero-order valence-electron chi connectivity index (χ0n) is 11.0. The molecule has 0 radical (unpaired) electrons. The third kappa shape index (κ3) is 3.10. The molecule has 0 aliphatic heterocycles. The zero-order chi connectivity index (χ0) is 13.8. The van der Waals surface area contributed by atoms with E-state index in [0.29, 0.717) is 25.7 Å². The van der Waals surface area contributed by atoms with Crippen LogP contribution in [0.5, 0.6) is 0 Å². The van der Waals surface area contributed by atoms with Gasteiger partial charge < -0.3 is 10.0 Å². The van der Waals surface area contributed by atoms with Crippen molar-refractivity contribution in [2.45, 2.75) is 25.7 Å². The van der Waals surface area contributed by atoms with Crippen LogP contribution in [-0.2, 0) is 9.59 Å². The predicted octanol–water partition coefficient (Wildman–Crippen LogP) is 1.94. The molecule has 0 atom stereocenters. The quantitative estimate of drug-likeness (QED) is 0.903. The molecular weight excluding hydrogens is 244 g/mol. The van der Waals surface area contributed by atoms with E-state index in [0.717, 1.165) is 5.69 Å². The van der Waals surface area contributed by atoms with Crippen molar-refractivity contribution in [3.05, 3.63) is 24.5 Å². The van der Waals surface area contributed by atoms with Gasteiger partial charge in [-0.3, -0.25) is 14.6 Å². The molecule has 1 saturated carbocycles. The fraction of sp³-hybridized carbons (Fsp3) is 0.500. The summed E-state index contributed by atoms with van der Waals surface area (Å²) in [5.41, 5.74) is 0.820. The van der Waals surface area contributed by atoms with Crippen LogP contribution in [0.4, 0.5) is 5.69 Å². The number of carbonyl (C=O) groups is 2. The smallest absolute Gasteiger partial charge is 0.306 e. The van der Waals surface area contributed by atoms with Crippen molar-refractivity contribution in [2.75, 3.05) is 11.9 Å². The summed E-state index contributed by atoms with van der Waals surface area (Å²) in [4.78, 5) is 28.8. The standard InChI is InChI=1S/C14H18N2O3/c1-16(12-6-8-15-9-7-12)13(17)10-2-4-11(5-3-10)14(18)19/h6-11H,2-5H2,1H3,(H,18,19). The second-order valence-electron chi connectivity index (χ2n) is 4.99. The first-order valence-electron chi connectivity index (χ1n) is 6.50. The van der Waals surface area contributed by atoms with Crippen molar-refractivity contribution in [1.82, 2.24) is 4.98 Å². The van der Waals surface area contributed by atoms with Gasteiger partial charge in [0.15, 0.2) is 0 Å². The summed E-state index contributed by atoms with van der Waals surface area (Å²) in [6.07, 6.45) is 5.81. The van der Waals surface area contributed by atoms with Crippen molar-refractivity contribution < 1.29 is 14.7 Å². The van der Waals surface area contributed by atoms with Gasteiger partial charge in [0.2, 0.25) is 5.91 Å². The Morgan fingerprint density at radius 2 is 1.68 bits per heavy atom. The molecule has 102 valence electrons. The Hall–Kier alpha value is -1.91. The average molecular weight is 262 g/mol. The molecule has 0 bridgehead atoms. The van der Waals surface area contributed by atoms with E-state index < -0.39 is 5.97 Å². The van der Waals surface area contributed by atoms with Gasteiger partial charge >= 0.3 is 5.97 Å². The highest BCUT2D eigenvalue weighted by Crippen LogP contribution is 2.30. The summed E-state index contributed by atoms with van der Waals surface area (Å²) in [5.74, 6) is -1.02. The summed E-state index contributed by atoms with van der Waals surface area (Å²) in [6.45, 7) is 0.